The van der Waals surface area contributed by atoms with Crippen LogP contribution in [0.25, 0.3) is 0 Å². The third kappa shape index (κ3) is 40.2. The van der Waals surface area contributed by atoms with Gasteiger partial charge in [-0.2, -0.15) is 0 Å². The van der Waals surface area contributed by atoms with Gasteiger partial charge in [-0.1, -0.05) is 231 Å². The van der Waals surface area contributed by atoms with E-state index in [9.17, 15) is 22.6 Å². The Morgan fingerprint density at radius 1 is 0.415 bits per heavy atom. The maximum absolute atomic E-state index is 13.0. The second-order valence-electron chi connectivity index (χ2n) is 18.6. The Morgan fingerprint density at radius 2 is 0.677 bits per heavy atom. The number of benzene rings is 1. The molecule has 0 aromatic heterocycles. The molecule has 7 nitrogen and oxygen atoms in total. The molecule has 0 saturated heterocycles. The molecule has 0 heterocycles. The van der Waals surface area contributed by atoms with E-state index in [4.69, 9.17) is 9.47 Å². The Bertz CT molecular complexity index is 1410. The van der Waals surface area contributed by atoms with Crippen LogP contribution in [0.15, 0.2) is 47.4 Å². The molecular formula is C56H97NaO7S. The molecule has 0 unspecified atom stereocenters. The van der Waals surface area contributed by atoms with Crippen molar-refractivity contribution in [3.8, 4) is 0 Å². The summed E-state index contributed by atoms with van der Waals surface area (Å²) in [4.78, 5) is 25.4. The zero-order valence-corrected chi connectivity index (χ0v) is 45.3. The fraction of sp³-hybridized carbons (Fsp3) is 0.786. The maximum Gasteiger partial charge on any atom is 1.00 e. The van der Waals surface area contributed by atoms with Crippen LogP contribution in [0.5, 0.6) is 0 Å². The van der Waals surface area contributed by atoms with Crippen LogP contribution in [-0.4, -0.2) is 38.1 Å². The first-order valence-electron chi connectivity index (χ1n) is 27.0. The summed E-state index contributed by atoms with van der Waals surface area (Å²) in [6, 6.07) is 3.16. The molecule has 0 atom stereocenters. The molecule has 1 aromatic rings. The molecule has 0 fully saturated rings. The van der Waals surface area contributed by atoms with Gasteiger partial charge in [0.15, 0.2) is 0 Å². The molecule has 1 rings (SSSR count). The number of unbranched alkanes of at least 4 members (excludes halogenated alkanes) is 36. The SMILES string of the molecule is CCCCCCC/C=C/CCCCCCCCCCCCCCCOC(=O)c1ccc(S(=O)(=O)[O-])cc1C(=O)OCCCCCCCCCCCCCCC/C=C/CCCCCCC.[Na+]. The van der Waals surface area contributed by atoms with Crippen molar-refractivity contribution in [1.82, 2.24) is 0 Å². The third-order valence-corrected chi connectivity index (χ3v) is 13.3. The van der Waals surface area contributed by atoms with E-state index in [1.54, 1.807) is 0 Å². The summed E-state index contributed by atoms with van der Waals surface area (Å²) in [7, 11) is -4.82. The van der Waals surface area contributed by atoms with Gasteiger partial charge in [-0.3, -0.25) is 0 Å². The number of carbonyl (C=O) groups is 2. The molecule has 0 aliphatic heterocycles. The standard InChI is InChI=1S/C56H98O7S.Na/c1-3-5-7-9-11-13-15-17-19-21-23-25-27-29-31-33-35-37-39-41-43-45-49-62-55(57)53-48-47-52(64(59,60)61)51-54(53)56(58)63-50-46-44-42-40-38-36-34-32-30-28-26-24-22-20-18-16-14-12-10-8-6-4-2;/h15-18,47-48,51H,3-14,19-46,49-50H2,1-2H3,(H,59,60,61);/q;+1/p-1/b17-15+,18-16+;. The van der Waals surface area contributed by atoms with Crippen molar-refractivity contribution >= 4 is 22.1 Å². The van der Waals surface area contributed by atoms with Gasteiger partial charge in [0.1, 0.15) is 10.1 Å². The van der Waals surface area contributed by atoms with Crippen LogP contribution in [-0.2, 0) is 19.6 Å². The number of allylic oxidation sites excluding steroid dienone is 4. The van der Waals surface area contributed by atoms with Crippen molar-refractivity contribution < 1.29 is 61.6 Å². The summed E-state index contributed by atoms with van der Waals surface area (Å²) in [6.07, 6.45) is 59.4. The van der Waals surface area contributed by atoms with Crippen LogP contribution in [0.2, 0.25) is 0 Å². The normalized spacial score (nSPS) is 11.7. The Kier molecular flexibility index (Phi) is 46.5. The molecule has 0 spiro atoms. The van der Waals surface area contributed by atoms with Gasteiger partial charge in [-0.05, 0) is 82.4 Å². The summed E-state index contributed by atoms with van der Waals surface area (Å²) < 4.78 is 46.0. The zero-order valence-electron chi connectivity index (χ0n) is 42.5. The summed E-state index contributed by atoms with van der Waals surface area (Å²) in [5.41, 5.74) is -0.329. The van der Waals surface area contributed by atoms with Crippen LogP contribution >= 0.6 is 0 Å². The fourth-order valence-electron chi connectivity index (χ4n) is 8.33. The summed E-state index contributed by atoms with van der Waals surface area (Å²) in [5.74, 6) is -1.54. The fourth-order valence-corrected chi connectivity index (χ4v) is 8.83. The second-order valence-corrected chi connectivity index (χ2v) is 19.9. The van der Waals surface area contributed by atoms with Gasteiger partial charge in [0.25, 0.3) is 0 Å². The average Bonchev–Trinajstić information content (AvgIpc) is 3.28. The molecule has 0 aliphatic rings. The molecule has 370 valence electrons. The van der Waals surface area contributed by atoms with Gasteiger partial charge in [-0.15, -0.1) is 0 Å². The van der Waals surface area contributed by atoms with E-state index >= 15 is 0 Å². The second kappa shape index (κ2) is 47.6. The van der Waals surface area contributed by atoms with Crippen LogP contribution < -0.4 is 29.6 Å². The Hall–Kier alpha value is -1.45. The molecule has 0 amide bonds. The Labute approximate surface area is 423 Å². The van der Waals surface area contributed by atoms with Crippen LogP contribution in [0, 0.1) is 0 Å². The van der Waals surface area contributed by atoms with Gasteiger partial charge in [0.2, 0.25) is 0 Å². The number of rotatable bonds is 47. The average molecular weight is 937 g/mol. The minimum atomic E-state index is -4.82. The monoisotopic (exact) mass is 937 g/mol. The van der Waals surface area contributed by atoms with Crippen molar-refractivity contribution in [3.63, 3.8) is 0 Å². The van der Waals surface area contributed by atoms with Crippen molar-refractivity contribution in [3.05, 3.63) is 53.6 Å². The number of esters is 2. The first-order valence-corrected chi connectivity index (χ1v) is 28.5. The Balaban J connectivity index is 0.0000410. The summed E-state index contributed by atoms with van der Waals surface area (Å²) >= 11 is 0. The minimum absolute atomic E-state index is 0. The molecule has 0 bridgehead atoms. The van der Waals surface area contributed by atoms with Gasteiger partial charge in [0.05, 0.1) is 29.2 Å². The van der Waals surface area contributed by atoms with E-state index in [-0.39, 0.29) is 53.9 Å². The van der Waals surface area contributed by atoms with Crippen LogP contribution in [0.4, 0.5) is 0 Å². The molecule has 1 aromatic carbocycles. The smallest absolute Gasteiger partial charge is 0.744 e. The molecule has 0 aliphatic carbocycles. The van der Waals surface area contributed by atoms with E-state index in [0.717, 1.165) is 44.2 Å². The quantitative estimate of drug-likeness (QED) is 0.0210. The Morgan fingerprint density at radius 3 is 0.969 bits per heavy atom. The van der Waals surface area contributed by atoms with Crippen molar-refractivity contribution in [2.24, 2.45) is 0 Å². The predicted molar refractivity (Wildman–Crippen MR) is 269 cm³/mol. The van der Waals surface area contributed by atoms with E-state index in [1.807, 2.05) is 0 Å². The maximum atomic E-state index is 13.0. The largest absolute Gasteiger partial charge is 1.00 e. The van der Waals surface area contributed by atoms with Crippen LogP contribution in [0.3, 0.4) is 0 Å². The molecule has 9 heteroatoms. The van der Waals surface area contributed by atoms with E-state index in [0.29, 0.717) is 12.8 Å². The van der Waals surface area contributed by atoms with Crippen LogP contribution in [0.1, 0.15) is 291 Å². The predicted octanol–water partition coefficient (Wildman–Crippen LogP) is 14.7. The topological polar surface area (TPSA) is 110 Å². The van der Waals surface area contributed by atoms with Gasteiger partial charge in [-0.25, -0.2) is 18.0 Å². The van der Waals surface area contributed by atoms with Crippen molar-refractivity contribution in [2.75, 3.05) is 13.2 Å². The molecule has 65 heavy (non-hydrogen) atoms. The number of carbonyl (C=O) groups excluding carboxylic acids is 2. The van der Waals surface area contributed by atoms with E-state index in [1.165, 1.54) is 218 Å². The molecule has 0 N–H and O–H groups in total. The van der Waals surface area contributed by atoms with Gasteiger partial charge in [0, 0.05) is 0 Å². The number of hydrogen-bond acceptors (Lipinski definition) is 7. The molecular weight excluding hydrogens is 840 g/mol. The number of ether oxygens (including phenoxy) is 2. The first-order chi connectivity index (χ1) is 31.3. The first kappa shape index (κ1) is 63.5. The molecule has 0 saturated carbocycles. The molecule has 0 radical (unpaired) electrons. The summed E-state index contributed by atoms with van der Waals surface area (Å²) in [5, 5.41) is 0. The van der Waals surface area contributed by atoms with Gasteiger partial charge < -0.3 is 14.0 Å². The van der Waals surface area contributed by atoms with Crippen molar-refractivity contribution in [2.45, 2.75) is 276 Å². The zero-order chi connectivity index (χ0) is 46.4. The van der Waals surface area contributed by atoms with Gasteiger partial charge >= 0.3 is 41.5 Å². The van der Waals surface area contributed by atoms with E-state index < -0.39 is 27.0 Å². The number of hydrogen-bond donors (Lipinski definition) is 0. The van der Waals surface area contributed by atoms with Crippen molar-refractivity contribution in [1.29, 1.82) is 0 Å². The summed E-state index contributed by atoms with van der Waals surface area (Å²) in [6.45, 7) is 4.90. The van der Waals surface area contributed by atoms with E-state index in [2.05, 4.69) is 38.2 Å². The minimum Gasteiger partial charge on any atom is -0.744 e. The third-order valence-electron chi connectivity index (χ3n) is 12.5.